The number of piperidine rings is 1. The molecule has 0 aromatic rings. The van der Waals surface area contributed by atoms with Gasteiger partial charge in [-0.15, -0.1) is 0 Å². The largest absolute Gasteiger partial charge is 0.449 e. The molecule has 0 bridgehead atoms. The van der Waals surface area contributed by atoms with Crippen molar-refractivity contribution < 1.29 is 14.3 Å². The highest BCUT2D eigenvalue weighted by Gasteiger charge is 2.23. The van der Waals surface area contributed by atoms with Gasteiger partial charge in [-0.05, 0) is 6.42 Å². The summed E-state index contributed by atoms with van der Waals surface area (Å²) in [4.78, 5) is 23.0. The average Bonchev–Trinajstić information content (AvgIpc) is 2.07. The van der Waals surface area contributed by atoms with Crippen molar-refractivity contribution in [3.63, 3.8) is 0 Å². The summed E-state index contributed by atoms with van der Waals surface area (Å²) in [6.45, 7) is 0.957. The Bertz CT molecular complexity index is 217. The van der Waals surface area contributed by atoms with E-state index in [2.05, 4.69) is 4.74 Å². The molecule has 1 unspecified atom stereocenters. The van der Waals surface area contributed by atoms with Crippen molar-refractivity contribution in [1.82, 2.24) is 4.90 Å². The number of nitrogens with two attached hydrogens (primary N) is 1. The number of primary amides is 1. The van der Waals surface area contributed by atoms with Gasteiger partial charge in [-0.1, -0.05) is 0 Å². The van der Waals surface area contributed by atoms with E-state index in [4.69, 9.17) is 5.73 Å². The van der Waals surface area contributed by atoms with Gasteiger partial charge in [-0.2, -0.15) is 0 Å². The summed E-state index contributed by atoms with van der Waals surface area (Å²) in [5.41, 5.74) is 4.83. The van der Waals surface area contributed by atoms with Gasteiger partial charge in [0.15, 0.2) is 0 Å². The van der Waals surface area contributed by atoms with Crippen LogP contribution in [0.4, 0.5) is 4.79 Å². The number of hydrogen-bond donors (Lipinski definition) is 1. The molecule has 1 atom stereocenters. The van der Waals surface area contributed by atoms with E-state index in [0.29, 0.717) is 19.6 Å². The molecule has 0 saturated carbocycles. The van der Waals surface area contributed by atoms with Crippen molar-refractivity contribution in [3.05, 3.63) is 0 Å². The molecular weight excluding hydrogens is 172 g/mol. The number of carbonyl (C=O) groups is 2. The predicted molar refractivity (Wildman–Crippen MR) is 45.9 cm³/mol. The van der Waals surface area contributed by atoms with Gasteiger partial charge in [0.25, 0.3) is 0 Å². The summed E-state index contributed by atoms with van der Waals surface area (Å²) >= 11 is 0. The molecule has 1 saturated heterocycles. The monoisotopic (exact) mass is 186 g/mol. The van der Waals surface area contributed by atoms with Gasteiger partial charge in [0.1, 0.15) is 0 Å². The van der Waals surface area contributed by atoms with E-state index in [-0.39, 0.29) is 11.8 Å². The number of carbonyl (C=O) groups excluding carboxylic acids is 2. The number of rotatable bonds is 2. The molecule has 0 spiro atoms. The Morgan fingerprint density at radius 1 is 1.77 bits per heavy atom. The Labute approximate surface area is 76.8 Å². The van der Waals surface area contributed by atoms with Gasteiger partial charge in [0.2, 0.25) is 5.91 Å². The van der Waals surface area contributed by atoms with Crippen LogP contribution in [0, 0.1) is 5.92 Å². The first-order valence-corrected chi connectivity index (χ1v) is 4.26. The fourth-order valence-electron chi connectivity index (χ4n) is 1.43. The second-order valence-electron chi connectivity index (χ2n) is 3.31. The maximum absolute atomic E-state index is 11.1. The van der Waals surface area contributed by atoms with E-state index in [0.717, 1.165) is 6.42 Å². The van der Waals surface area contributed by atoms with Crippen molar-refractivity contribution >= 4 is 12.0 Å². The first-order valence-electron chi connectivity index (χ1n) is 4.26. The van der Waals surface area contributed by atoms with E-state index in [1.54, 1.807) is 11.9 Å². The van der Waals surface area contributed by atoms with Crippen LogP contribution in [0.3, 0.4) is 0 Å². The Morgan fingerprint density at radius 2 is 2.46 bits per heavy atom. The van der Waals surface area contributed by atoms with Crippen LogP contribution in [-0.4, -0.2) is 37.1 Å². The molecule has 1 fully saturated rings. The maximum Gasteiger partial charge on any atom is 0.404 e. The van der Waals surface area contributed by atoms with Crippen molar-refractivity contribution in [2.75, 3.05) is 20.2 Å². The summed E-state index contributed by atoms with van der Waals surface area (Å²) in [5, 5.41) is 0. The zero-order valence-electron chi connectivity index (χ0n) is 7.66. The molecule has 13 heavy (non-hydrogen) atoms. The van der Waals surface area contributed by atoms with Gasteiger partial charge < -0.3 is 15.4 Å². The topological polar surface area (TPSA) is 72.6 Å². The fraction of sp³-hybridized carbons (Fsp3) is 0.750. The maximum atomic E-state index is 11.1. The normalized spacial score (nSPS) is 23.0. The predicted octanol–water partition coefficient (Wildman–Crippen LogP) is -0.0499. The minimum absolute atomic E-state index is 0.148. The fourth-order valence-corrected chi connectivity index (χ4v) is 1.43. The standard InChI is InChI=1S/C8H14N2O3/c1-10-4-6(2-3-7(10)11)5-13-8(9)12/h6H,2-5H2,1H3,(H2,9,12). The summed E-state index contributed by atoms with van der Waals surface area (Å²) in [6.07, 6.45) is 0.555. The van der Waals surface area contributed by atoms with Gasteiger partial charge in [-0.25, -0.2) is 4.79 Å². The van der Waals surface area contributed by atoms with Crippen LogP contribution in [0.1, 0.15) is 12.8 Å². The highest BCUT2D eigenvalue weighted by molar-refractivity contribution is 5.76. The van der Waals surface area contributed by atoms with E-state index < -0.39 is 6.09 Å². The average molecular weight is 186 g/mol. The smallest absolute Gasteiger partial charge is 0.404 e. The molecule has 2 amide bonds. The minimum Gasteiger partial charge on any atom is -0.449 e. The van der Waals surface area contributed by atoms with E-state index in [1.807, 2.05) is 0 Å². The Morgan fingerprint density at radius 3 is 3.00 bits per heavy atom. The molecule has 1 aliphatic rings. The molecule has 0 aromatic heterocycles. The Kier molecular flexibility index (Phi) is 3.11. The lowest BCUT2D eigenvalue weighted by Crippen LogP contribution is -2.39. The number of nitrogens with zero attached hydrogens (tertiary/aromatic N) is 1. The molecule has 5 nitrogen and oxygen atoms in total. The van der Waals surface area contributed by atoms with E-state index in [1.165, 1.54) is 0 Å². The highest BCUT2D eigenvalue weighted by atomic mass is 16.5. The van der Waals surface area contributed by atoms with Gasteiger partial charge >= 0.3 is 6.09 Å². The Balaban J connectivity index is 2.29. The van der Waals surface area contributed by atoms with Crippen LogP contribution in [0.5, 0.6) is 0 Å². The number of ether oxygens (including phenoxy) is 1. The van der Waals surface area contributed by atoms with Crippen LogP contribution in [-0.2, 0) is 9.53 Å². The third-order valence-corrected chi connectivity index (χ3v) is 2.19. The summed E-state index contributed by atoms with van der Waals surface area (Å²) in [5.74, 6) is 0.380. The van der Waals surface area contributed by atoms with Crippen molar-refractivity contribution in [1.29, 1.82) is 0 Å². The van der Waals surface area contributed by atoms with Gasteiger partial charge in [-0.3, -0.25) is 4.79 Å². The van der Waals surface area contributed by atoms with Gasteiger partial charge in [0.05, 0.1) is 6.61 Å². The van der Waals surface area contributed by atoms with E-state index >= 15 is 0 Å². The molecule has 5 heteroatoms. The third kappa shape index (κ3) is 2.93. The molecule has 0 aromatic carbocycles. The molecule has 1 aliphatic heterocycles. The molecule has 1 heterocycles. The van der Waals surface area contributed by atoms with Crippen molar-refractivity contribution in [2.45, 2.75) is 12.8 Å². The lowest BCUT2D eigenvalue weighted by atomic mass is 9.99. The first kappa shape index (κ1) is 9.83. The minimum atomic E-state index is -0.750. The SMILES string of the molecule is CN1CC(COC(N)=O)CCC1=O. The molecule has 1 rings (SSSR count). The molecule has 74 valence electrons. The summed E-state index contributed by atoms with van der Waals surface area (Å²) in [7, 11) is 1.75. The highest BCUT2D eigenvalue weighted by Crippen LogP contribution is 2.16. The van der Waals surface area contributed by atoms with Crippen LogP contribution in [0.25, 0.3) is 0 Å². The van der Waals surface area contributed by atoms with E-state index in [9.17, 15) is 9.59 Å². The molecule has 2 N–H and O–H groups in total. The lowest BCUT2D eigenvalue weighted by Gasteiger charge is -2.28. The number of amides is 2. The zero-order valence-corrected chi connectivity index (χ0v) is 7.66. The molecular formula is C8H14N2O3. The first-order chi connectivity index (χ1) is 6.09. The van der Waals surface area contributed by atoms with Crippen LogP contribution < -0.4 is 5.73 Å². The molecule has 0 aliphatic carbocycles. The second-order valence-corrected chi connectivity index (χ2v) is 3.31. The zero-order chi connectivity index (χ0) is 9.84. The summed E-state index contributed by atoms with van der Waals surface area (Å²) < 4.78 is 4.67. The number of hydrogen-bond acceptors (Lipinski definition) is 3. The lowest BCUT2D eigenvalue weighted by molar-refractivity contribution is -0.133. The van der Waals surface area contributed by atoms with Crippen molar-refractivity contribution in [2.24, 2.45) is 11.7 Å². The Hall–Kier alpha value is -1.26. The molecule has 0 radical (unpaired) electrons. The van der Waals surface area contributed by atoms with Crippen LogP contribution in [0.2, 0.25) is 0 Å². The van der Waals surface area contributed by atoms with Crippen LogP contribution in [0.15, 0.2) is 0 Å². The van der Waals surface area contributed by atoms with Crippen LogP contribution >= 0.6 is 0 Å². The second kappa shape index (κ2) is 4.11. The third-order valence-electron chi connectivity index (χ3n) is 2.19. The van der Waals surface area contributed by atoms with Gasteiger partial charge in [0, 0.05) is 25.9 Å². The van der Waals surface area contributed by atoms with Crippen molar-refractivity contribution in [3.8, 4) is 0 Å². The number of likely N-dealkylation sites (tertiary alicyclic amines) is 1. The quantitative estimate of drug-likeness (QED) is 0.657. The summed E-state index contributed by atoms with van der Waals surface area (Å²) in [6, 6.07) is 0.